The van der Waals surface area contributed by atoms with E-state index in [4.69, 9.17) is 4.42 Å². The molecule has 0 saturated heterocycles. The van der Waals surface area contributed by atoms with Gasteiger partial charge in [0.25, 0.3) is 0 Å². The van der Waals surface area contributed by atoms with E-state index in [0.717, 1.165) is 5.56 Å². The first-order valence-electron chi connectivity index (χ1n) is 7.10. The van der Waals surface area contributed by atoms with Crippen LogP contribution in [-0.4, -0.2) is 22.0 Å². The third-order valence-corrected chi connectivity index (χ3v) is 5.59. The molecule has 2 N–H and O–H groups in total. The van der Waals surface area contributed by atoms with Gasteiger partial charge in [-0.25, -0.2) is 13.1 Å². The smallest absolute Gasteiger partial charge is 0.244 e. The van der Waals surface area contributed by atoms with Crippen molar-refractivity contribution < 1.29 is 12.8 Å². The molecule has 1 saturated carbocycles. The number of hydrogen-bond acceptors (Lipinski definition) is 4. The summed E-state index contributed by atoms with van der Waals surface area (Å²) in [6.07, 6.45) is 2.44. The van der Waals surface area contributed by atoms with E-state index in [1.165, 1.54) is 12.8 Å². The second kappa shape index (κ2) is 5.87. The molecule has 0 radical (unpaired) electrons. The highest BCUT2D eigenvalue weighted by atomic mass is 32.2. The van der Waals surface area contributed by atoms with Crippen LogP contribution in [0.25, 0.3) is 0 Å². The third kappa shape index (κ3) is 3.24. The quantitative estimate of drug-likeness (QED) is 0.807. The van der Waals surface area contributed by atoms with E-state index >= 15 is 0 Å². The molecule has 0 amide bonds. The van der Waals surface area contributed by atoms with Gasteiger partial charge < -0.3 is 9.73 Å². The minimum absolute atomic E-state index is 0.298. The molecule has 1 fully saturated rings. The van der Waals surface area contributed by atoms with E-state index in [2.05, 4.69) is 17.0 Å². The summed E-state index contributed by atoms with van der Waals surface area (Å²) in [6, 6.07) is 0. The molecule has 6 heteroatoms. The zero-order valence-electron chi connectivity index (χ0n) is 12.6. The van der Waals surface area contributed by atoms with Crippen molar-refractivity contribution in [2.24, 2.45) is 11.8 Å². The van der Waals surface area contributed by atoms with E-state index < -0.39 is 10.0 Å². The summed E-state index contributed by atoms with van der Waals surface area (Å²) in [5, 5.41) is 2.99. The standard InChI is InChI=1S/C14H24N2O3S/c1-9(12-5-6-12)7-16-20(17,18)14-11(3)19-10(2)13(14)8-15-4/h9,12,15-16H,5-8H2,1-4H3. The Morgan fingerprint density at radius 1 is 1.30 bits per heavy atom. The number of hydrogen-bond donors (Lipinski definition) is 2. The van der Waals surface area contributed by atoms with Gasteiger partial charge in [-0.15, -0.1) is 0 Å². The van der Waals surface area contributed by atoms with Gasteiger partial charge in [0.1, 0.15) is 16.4 Å². The van der Waals surface area contributed by atoms with Gasteiger partial charge in [0.2, 0.25) is 10.0 Å². The maximum Gasteiger partial charge on any atom is 0.244 e. The van der Waals surface area contributed by atoms with Gasteiger partial charge in [0, 0.05) is 18.7 Å². The maximum atomic E-state index is 12.5. The average Bonchev–Trinajstić information content (AvgIpc) is 3.15. The first kappa shape index (κ1) is 15.5. The predicted molar refractivity (Wildman–Crippen MR) is 78.0 cm³/mol. The number of rotatable bonds is 7. The molecular formula is C14H24N2O3S. The number of sulfonamides is 1. The molecule has 1 aliphatic carbocycles. The van der Waals surface area contributed by atoms with E-state index in [-0.39, 0.29) is 0 Å². The lowest BCUT2D eigenvalue weighted by molar-refractivity contribution is 0.484. The average molecular weight is 300 g/mol. The summed E-state index contributed by atoms with van der Waals surface area (Å²) in [5.41, 5.74) is 0.719. The minimum Gasteiger partial charge on any atom is -0.465 e. The molecule has 1 aromatic heterocycles. The first-order valence-corrected chi connectivity index (χ1v) is 8.58. The Morgan fingerprint density at radius 3 is 2.50 bits per heavy atom. The van der Waals surface area contributed by atoms with Crippen LogP contribution in [0, 0.1) is 25.7 Å². The highest BCUT2D eigenvalue weighted by Crippen LogP contribution is 2.36. The van der Waals surface area contributed by atoms with Gasteiger partial charge in [0.15, 0.2) is 0 Å². The van der Waals surface area contributed by atoms with Crippen LogP contribution in [0.3, 0.4) is 0 Å². The molecule has 2 rings (SSSR count). The molecule has 1 aromatic rings. The Hall–Kier alpha value is -0.850. The molecule has 5 nitrogen and oxygen atoms in total. The summed E-state index contributed by atoms with van der Waals surface area (Å²) in [4.78, 5) is 0.298. The molecule has 20 heavy (non-hydrogen) atoms. The maximum absolute atomic E-state index is 12.5. The monoisotopic (exact) mass is 300 g/mol. The summed E-state index contributed by atoms with van der Waals surface area (Å²) in [6.45, 7) is 6.58. The molecule has 1 aliphatic rings. The zero-order valence-corrected chi connectivity index (χ0v) is 13.4. The van der Waals surface area contributed by atoms with Crippen molar-refractivity contribution in [1.29, 1.82) is 0 Å². The van der Waals surface area contributed by atoms with Gasteiger partial charge >= 0.3 is 0 Å². The molecule has 0 aliphatic heterocycles. The van der Waals surface area contributed by atoms with Crippen molar-refractivity contribution in [1.82, 2.24) is 10.0 Å². The lowest BCUT2D eigenvalue weighted by Crippen LogP contribution is -2.30. The second-order valence-corrected chi connectivity index (χ2v) is 7.42. The Kier molecular flexibility index (Phi) is 4.56. The summed E-state index contributed by atoms with van der Waals surface area (Å²) < 4.78 is 33.2. The van der Waals surface area contributed by atoms with Gasteiger partial charge in [-0.2, -0.15) is 0 Å². The van der Waals surface area contributed by atoms with Gasteiger partial charge in [-0.3, -0.25) is 0 Å². The van der Waals surface area contributed by atoms with Crippen molar-refractivity contribution in [3.8, 4) is 0 Å². The highest BCUT2D eigenvalue weighted by molar-refractivity contribution is 7.89. The van der Waals surface area contributed by atoms with Crippen LogP contribution in [0.15, 0.2) is 9.31 Å². The van der Waals surface area contributed by atoms with E-state index in [0.29, 0.717) is 41.3 Å². The van der Waals surface area contributed by atoms with Crippen LogP contribution in [-0.2, 0) is 16.6 Å². The zero-order chi connectivity index (χ0) is 14.9. The molecule has 0 aromatic carbocycles. The fraction of sp³-hybridized carbons (Fsp3) is 0.714. The molecule has 114 valence electrons. The molecule has 1 unspecified atom stereocenters. The van der Waals surface area contributed by atoms with Crippen LogP contribution in [0.2, 0.25) is 0 Å². The SMILES string of the molecule is CNCc1c(C)oc(C)c1S(=O)(=O)NCC(C)C1CC1. The van der Waals surface area contributed by atoms with Crippen LogP contribution in [0.5, 0.6) is 0 Å². The second-order valence-electron chi connectivity index (χ2n) is 5.72. The molecule has 0 bridgehead atoms. The lowest BCUT2D eigenvalue weighted by Gasteiger charge is -2.12. The lowest BCUT2D eigenvalue weighted by atomic mass is 10.1. The predicted octanol–water partition coefficient (Wildman–Crippen LogP) is 1.94. The van der Waals surface area contributed by atoms with E-state index in [1.54, 1.807) is 20.9 Å². The van der Waals surface area contributed by atoms with Crippen LogP contribution < -0.4 is 10.0 Å². The fourth-order valence-electron chi connectivity index (χ4n) is 2.59. The Balaban J connectivity index is 2.19. The Labute approximate surface area is 121 Å². The van der Waals surface area contributed by atoms with E-state index in [9.17, 15) is 8.42 Å². The number of nitrogens with one attached hydrogen (secondary N) is 2. The largest absolute Gasteiger partial charge is 0.465 e. The van der Waals surface area contributed by atoms with Gasteiger partial charge in [0.05, 0.1) is 0 Å². The van der Waals surface area contributed by atoms with Crippen molar-refractivity contribution in [2.75, 3.05) is 13.6 Å². The van der Waals surface area contributed by atoms with Crippen molar-refractivity contribution in [3.05, 3.63) is 17.1 Å². The van der Waals surface area contributed by atoms with Crippen molar-refractivity contribution in [2.45, 2.75) is 45.1 Å². The van der Waals surface area contributed by atoms with Gasteiger partial charge in [-0.05, 0) is 45.6 Å². The Bertz CT molecular complexity index is 573. The fourth-order valence-corrected chi connectivity index (χ4v) is 4.18. The first-order chi connectivity index (χ1) is 9.36. The van der Waals surface area contributed by atoms with Gasteiger partial charge in [-0.1, -0.05) is 6.92 Å². The molecular weight excluding hydrogens is 276 g/mol. The number of aryl methyl sites for hydroxylation is 2. The Morgan fingerprint density at radius 2 is 1.95 bits per heavy atom. The minimum atomic E-state index is -3.51. The van der Waals surface area contributed by atoms with Crippen LogP contribution >= 0.6 is 0 Å². The van der Waals surface area contributed by atoms with Crippen molar-refractivity contribution >= 4 is 10.0 Å². The van der Waals surface area contributed by atoms with Crippen LogP contribution in [0.4, 0.5) is 0 Å². The third-order valence-electron chi connectivity index (χ3n) is 3.97. The topological polar surface area (TPSA) is 71.3 Å². The molecule has 0 spiro atoms. The highest BCUT2D eigenvalue weighted by Gasteiger charge is 2.31. The summed E-state index contributed by atoms with van der Waals surface area (Å²) in [7, 11) is -1.72. The van der Waals surface area contributed by atoms with E-state index in [1.807, 2.05) is 0 Å². The van der Waals surface area contributed by atoms with Crippen LogP contribution in [0.1, 0.15) is 36.8 Å². The van der Waals surface area contributed by atoms with Crippen molar-refractivity contribution in [3.63, 3.8) is 0 Å². The summed E-state index contributed by atoms with van der Waals surface area (Å²) >= 11 is 0. The normalized spacial score (nSPS) is 17.4. The molecule has 1 heterocycles. The number of furan rings is 1. The summed E-state index contributed by atoms with van der Waals surface area (Å²) in [5.74, 6) is 2.19. The molecule has 1 atom stereocenters.